The molecule has 0 atom stereocenters. The molecular weight excluding hydrogens is 272 g/mol. The van der Waals surface area contributed by atoms with E-state index in [0.29, 0.717) is 11.9 Å². The Bertz CT molecular complexity index is 607. The van der Waals surface area contributed by atoms with Crippen LogP contribution in [0.5, 0.6) is 12.0 Å². The second-order valence-electron chi connectivity index (χ2n) is 4.77. The minimum atomic E-state index is 0.203. The van der Waals surface area contributed by atoms with E-state index in [4.69, 9.17) is 4.74 Å². The molecule has 112 valence electrons. The molecular formula is C12H18N8O. The fourth-order valence-electron chi connectivity index (χ4n) is 2.14. The molecule has 9 nitrogen and oxygen atoms in total. The minimum Gasteiger partial charge on any atom is -0.387 e. The van der Waals surface area contributed by atoms with Crippen molar-refractivity contribution in [3.05, 3.63) is 6.33 Å². The van der Waals surface area contributed by atoms with E-state index < -0.39 is 0 Å². The lowest BCUT2D eigenvalue weighted by atomic mass is 10.4. The van der Waals surface area contributed by atoms with Crippen LogP contribution in [0.25, 0.3) is 0 Å². The number of hydrogen-bond donors (Lipinski definition) is 1. The summed E-state index contributed by atoms with van der Waals surface area (Å²) in [6.45, 7) is 4.62. The maximum atomic E-state index is 5.51. The van der Waals surface area contributed by atoms with Gasteiger partial charge in [-0.3, -0.25) is 4.68 Å². The molecule has 1 N–H and O–H groups in total. The third-order valence-corrected chi connectivity index (χ3v) is 3.09. The molecule has 3 heterocycles. The van der Waals surface area contributed by atoms with Gasteiger partial charge in [0.1, 0.15) is 6.33 Å². The van der Waals surface area contributed by atoms with Gasteiger partial charge >= 0.3 is 12.0 Å². The zero-order valence-electron chi connectivity index (χ0n) is 12.2. The van der Waals surface area contributed by atoms with Gasteiger partial charge in [-0.1, -0.05) is 0 Å². The molecule has 0 spiro atoms. The summed E-state index contributed by atoms with van der Waals surface area (Å²) >= 11 is 0. The summed E-state index contributed by atoms with van der Waals surface area (Å²) < 4.78 is 7.07. The van der Waals surface area contributed by atoms with E-state index in [0.717, 1.165) is 32.5 Å². The highest BCUT2D eigenvalue weighted by Gasteiger charge is 2.18. The third kappa shape index (κ3) is 3.18. The van der Waals surface area contributed by atoms with Crippen LogP contribution < -0.4 is 15.0 Å². The van der Waals surface area contributed by atoms with E-state index in [1.165, 1.54) is 0 Å². The Balaban J connectivity index is 1.86. The molecule has 1 saturated heterocycles. The standard InChI is InChI=1S/C12H18N8O/c1-3-13-9-15-10(20-6-4-5-7-20)17-12(16-9)21-11-14-8-19(2)18-11/h8H,3-7H2,1-2H3,(H,13,15,16,17). The highest BCUT2D eigenvalue weighted by atomic mass is 16.5. The average Bonchev–Trinajstić information content (AvgIpc) is 3.11. The molecule has 0 saturated carbocycles. The number of nitrogens with zero attached hydrogens (tertiary/aromatic N) is 7. The molecule has 0 radical (unpaired) electrons. The van der Waals surface area contributed by atoms with Gasteiger partial charge in [0, 0.05) is 26.7 Å². The van der Waals surface area contributed by atoms with Crippen LogP contribution in [0.3, 0.4) is 0 Å². The first kappa shape index (κ1) is 13.5. The second kappa shape index (κ2) is 5.90. The lowest BCUT2D eigenvalue weighted by Gasteiger charge is -2.16. The predicted octanol–water partition coefficient (Wildman–Crippen LogP) is 0.824. The van der Waals surface area contributed by atoms with Gasteiger partial charge < -0.3 is 15.0 Å². The van der Waals surface area contributed by atoms with Gasteiger partial charge in [-0.25, -0.2) is 0 Å². The molecule has 2 aromatic rings. The van der Waals surface area contributed by atoms with E-state index >= 15 is 0 Å². The molecule has 9 heteroatoms. The number of hydrogen-bond acceptors (Lipinski definition) is 8. The van der Waals surface area contributed by atoms with Crippen molar-refractivity contribution in [2.24, 2.45) is 7.05 Å². The lowest BCUT2D eigenvalue weighted by molar-refractivity contribution is 0.404. The first-order chi connectivity index (χ1) is 10.2. The lowest BCUT2D eigenvalue weighted by Crippen LogP contribution is -2.21. The van der Waals surface area contributed by atoms with Crippen LogP contribution in [0, 0.1) is 0 Å². The third-order valence-electron chi connectivity index (χ3n) is 3.09. The predicted molar refractivity (Wildman–Crippen MR) is 76.5 cm³/mol. The van der Waals surface area contributed by atoms with Crippen LogP contribution in [0.1, 0.15) is 19.8 Å². The summed E-state index contributed by atoms with van der Waals surface area (Å²) in [4.78, 5) is 19.1. The van der Waals surface area contributed by atoms with E-state index in [9.17, 15) is 0 Å². The van der Waals surface area contributed by atoms with E-state index in [1.54, 1.807) is 18.1 Å². The fourth-order valence-corrected chi connectivity index (χ4v) is 2.14. The van der Waals surface area contributed by atoms with Crippen LogP contribution in [-0.4, -0.2) is 49.4 Å². The van der Waals surface area contributed by atoms with Crippen molar-refractivity contribution in [3.63, 3.8) is 0 Å². The topological polar surface area (TPSA) is 93.9 Å². The van der Waals surface area contributed by atoms with Crippen molar-refractivity contribution >= 4 is 11.9 Å². The minimum absolute atomic E-state index is 0.203. The molecule has 0 unspecified atom stereocenters. The van der Waals surface area contributed by atoms with E-state index in [-0.39, 0.29) is 12.0 Å². The molecule has 0 aromatic carbocycles. The Morgan fingerprint density at radius 3 is 2.67 bits per heavy atom. The van der Waals surface area contributed by atoms with Gasteiger partial charge in [-0.15, -0.1) is 5.10 Å². The number of anilines is 2. The fraction of sp³-hybridized carbons (Fsp3) is 0.583. The highest BCUT2D eigenvalue weighted by molar-refractivity contribution is 5.39. The summed E-state index contributed by atoms with van der Waals surface area (Å²) in [5.41, 5.74) is 0. The second-order valence-corrected chi connectivity index (χ2v) is 4.77. The van der Waals surface area contributed by atoms with Crippen molar-refractivity contribution in [1.82, 2.24) is 29.7 Å². The molecule has 1 aliphatic heterocycles. The zero-order valence-corrected chi connectivity index (χ0v) is 12.2. The van der Waals surface area contributed by atoms with Crippen LogP contribution in [0.15, 0.2) is 6.33 Å². The Morgan fingerprint density at radius 2 is 2.00 bits per heavy atom. The first-order valence-corrected chi connectivity index (χ1v) is 7.03. The molecule has 0 amide bonds. The Hall–Kier alpha value is -2.45. The van der Waals surface area contributed by atoms with Crippen molar-refractivity contribution in [2.45, 2.75) is 19.8 Å². The Kier molecular flexibility index (Phi) is 3.80. The molecule has 0 bridgehead atoms. The summed E-state index contributed by atoms with van der Waals surface area (Å²) in [7, 11) is 1.77. The highest BCUT2D eigenvalue weighted by Crippen LogP contribution is 2.21. The van der Waals surface area contributed by atoms with Crippen molar-refractivity contribution < 1.29 is 4.74 Å². The van der Waals surface area contributed by atoms with E-state index in [2.05, 4.69) is 35.3 Å². The molecule has 21 heavy (non-hydrogen) atoms. The maximum Gasteiger partial charge on any atom is 0.343 e. The van der Waals surface area contributed by atoms with Gasteiger partial charge in [0.25, 0.3) is 0 Å². The van der Waals surface area contributed by atoms with E-state index in [1.807, 2.05) is 6.92 Å². The van der Waals surface area contributed by atoms with Crippen molar-refractivity contribution in [3.8, 4) is 12.0 Å². The number of ether oxygens (including phenoxy) is 1. The molecule has 1 fully saturated rings. The van der Waals surface area contributed by atoms with Gasteiger partial charge in [0.2, 0.25) is 11.9 Å². The number of nitrogens with one attached hydrogen (secondary N) is 1. The zero-order chi connectivity index (χ0) is 14.7. The van der Waals surface area contributed by atoms with Crippen LogP contribution in [0.4, 0.5) is 11.9 Å². The molecule has 3 rings (SSSR count). The Morgan fingerprint density at radius 1 is 1.19 bits per heavy atom. The maximum absolute atomic E-state index is 5.51. The monoisotopic (exact) mass is 290 g/mol. The first-order valence-electron chi connectivity index (χ1n) is 7.03. The SMILES string of the molecule is CCNc1nc(Oc2ncn(C)n2)nc(N2CCCC2)n1. The summed E-state index contributed by atoms with van der Waals surface area (Å²) in [6.07, 6.45) is 3.86. The van der Waals surface area contributed by atoms with Crippen molar-refractivity contribution in [2.75, 3.05) is 29.9 Å². The summed E-state index contributed by atoms with van der Waals surface area (Å²) in [6, 6.07) is 0.424. The molecule has 1 aliphatic rings. The van der Waals surface area contributed by atoms with Gasteiger partial charge in [-0.2, -0.15) is 19.9 Å². The normalized spacial score (nSPS) is 14.5. The van der Waals surface area contributed by atoms with Crippen molar-refractivity contribution in [1.29, 1.82) is 0 Å². The van der Waals surface area contributed by atoms with Crippen LogP contribution >= 0.6 is 0 Å². The quantitative estimate of drug-likeness (QED) is 0.865. The summed E-state index contributed by atoms with van der Waals surface area (Å²) in [5.74, 6) is 1.13. The van der Waals surface area contributed by atoms with Gasteiger partial charge in [-0.05, 0) is 19.8 Å². The number of aryl methyl sites for hydroxylation is 1. The molecule has 2 aromatic heterocycles. The largest absolute Gasteiger partial charge is 0.387 e. The average molecular weight is 290 g/mol. The number of aromatic nitrogens is 6. The number of rotatable bonds is 5. The van der Waals surface area contributed by atoms with Gasteiger partial charge in [0.05, 0.1) is 0 Å². The summed E-state index contributed by atoms with van der Waals surface area (Å²) in [5, 5.41) is 7.15. The Labute approximate surface area is 122 Å². The van der Waals surface area contributed by atoms with Gasteiger partial charge in [0.15, 0.2) is 0 Å². The smallest absolute Gasteiger partial charge is 0.343 e. The van der Waals surface area contributed by atoms with Crippen LogP contribution in [-0.2, 0) is 7.05 Å². The molecule has 0 aliphatic carbocycles. The van der Waals surface area contributed by atoms with Crippen LogP contribution in [0.2, 0.25) is 0 Å².